The summed E-state index contributed by atoms with van der Waals surface area (Å²) in [5, 5.41) is 3.10. The van der Waals surface area contributed by atoms with Gasteiger partial charge in [-0.25, -0.2) is 9.97 Å². The Hall–Kier alpha value is -1.36. The first-order valence-electron chi connectivity index (χ1n) is 7.34. The number of ether oxygens (including phenoxy) is 1. The number of hydrogen-bond acceptors (Lipinski definition) is 5. The van der Waals surface area contributed by atoms with E-state index in [9.17, 15) is 0 Å². The summed E-state index contributed by atoms with van der Waals surface area (Å²) >= 11 is 0. The van der Waals surface area contributed by atoms with Gasteiger partial charge in [-0.2, -0.15) is 0 Å². The van der Waals surface area contributed by atoms with Crippen molar-refractivity contribution in [2.75, 3.05) is 37.5 Å². The van der Waals surface area contributed by atoms with E-state index in [0.29, 0.717) is 12.0 Å². The van der Waals surface area contributed by atoms with Crippen molar-refractivity contribution in [3.05, 3.63) is 11.9 Å². The van der Waals surface area contributed by atoms with Crippen LogP contribution in [0.1, 0.15) is 38.9 Å². The topological polar surface area (TPSA) is 50.3 Å². The fourth-order valence-corrected chi connectivity index (χ4v) is 2.62. The minimum atomic E-state index is 0.434. The molecule has 1 aromatic heterocycles. The van der Waals surface area contributed by atoms with Crippen LogP contribution in [0.4, 0.5) is 11.6 Å². The molecule has 1 saturated heterocycles. The Morgan fingerprint density at radius 3 is 2.80 bits per heavy atom. The van der Waals surface area contributed by atoms with Gasteiger partial charge < -0.3 is 15.0 Å². The fourth-order valence-electron chi connectivity index (χ4n) is 2.62. The smallest absolute Gasteiger partial charge is 0.158 e. The molecule has 0 radical (unpaired) electrons. The van der Waals surface area contributed by atoms with Gasteiger partial charge in [0.2, 0.25) is 0 Å². The lowest BCUT2D eigenvalue weighted by molar-refractivity contribution is 0.178. The van der Waals surface area contributed by atoms with Gasteiger partial charge in [-0.15, -0.1) is 0 Å². The molecule has 112 valence electrons. The number of nitrogens with zero attached hydrogens (tertiary/aromatic N) is 3. The van der Waals surface area contributed by atoms with E-state index in [4.69, 9.17) is 4.74 Å². The van der Waals surface area contributed by atoms with Crippen molar-refractivity contribution in [2.24, 2.45) is 5.41 Å². The lowest BCUT2D eigenvalue weighted by Crippen LogP contribution is -2.26. The second kappa shape index (κ2) is 6.39. The van der Waals surface area contributed by atoms with Gasteiger partial charge in [-0.05, 0) is 24.7 Å². The zero-order valence-electron chi connectivity index (χ0n) is 13.1. The fraction of sp³-hybridized carbons (Fsp3) is 0.733. The zero-order valence-corrected chi connectivity index (χ0v) is 13.1. The van der Waals surface area contributed by atoms with Crippen molar-refractivity contribution in [1.29, 1.82) is 0 Å². The van der Waals surface area contributed by atoms with Crippen LogP contribution in [0.3, 0.4) is 0 Å². The van der Waals surface area contributed by atoms with Crippen LogP contribution in [0.2, 0.25) is 0 Å². The van der Waals surface area contributed by atoms with Crippen LogP contribution in [0.25, 0.3) is 0 Å². The summed E-state index contributed by atoms with van der Waals surface area (Å²) in [5.41, 5.74) is 0.434. The second-order valence-electron chi connectivity index (χ2n) is 6.22. The molecule has 0 bridgehead atoms. The molecule has 0 aromatic carbocycles. The van der Waals surface area contributed by atoms with Gasteiger partial charge in [0, 0.05) is 33.3 Å². The van der Waals surface area contributed by atoms with Gasteiger partial charge in [-0.1, -0.05) is 13.8 Å². The highest BCUT2D eigenvalue weighted by Crippen LogP contribution is 2.31. The van der Waals surface area contributed by atoms with Crippen LogP contribution >= 0.6 is 0 Å². The number of methoxy groups -OCH3 is 1. The van der Waals surface area contributed by atoms with Crippen molar-refractivity contribution >= 4 is 11.6 Å². The Labute approximate surface area is 121 Å². The molecule has 0 saturated carbocycles. The predicted molar refractivity (Wildman–Crippen MR) is 82.1 cm³/mol. The molecule has 0 atom stereocenters. The molecule has 1 aliphatic rings. The molecule has 0 unspecified atom stereocenters. The lowest BCUT2D eigenvalue weighted by atomic mass is 9.85. The van der Waals surface area contributed by atoms with Crippen LogP contribution in [0, 0.1) is 5.41 Å². The quantitative estimate of drug-likeness (QED) is 0.917. The lowest BCUT2D eigenvalue weighted by Gasteiger charge is -2.24. The molecule has 0 aliphatic carbocycles. The number of anilines is 2. The van der Waals surface area contributed by atoms with Gasteiger partial charge in [0.05, 0.1) is 0 Å². The molecular weight excluding hydrogens is 252 g/mol. The Kier molecular flexibility index (Phi) is 4.81. The van der Waals surface area contributed by atoms with E-state index >= 15 is 0 Å². The third-order valence-electron chi connectivity index (χ3n) is 3.95. The summed E-state index contributed by atoms with van der Waals surface area (Å²) in [6.07, 6.45) is 3.69. The maximum Gasteiger partial charge on any atom is 0.158 e. The number of hydrogen-bond donors (Lipinski definition) is 1. The highest BCUT2D eigenvalue weighted by atomic mass is 16.5. The average molecular weight is 278 g/mol. The molecule has 0 amide bonds. The minimum Gasteiger partial charge on any atom is -0.377 e. The highest BCUT2D eigenvalue weighted by Gasteiger charge is 2.24. The van der Waals surface area contributed by atoms with E-state index < -0.39 is 0 Å². The van der Waals surface area contributed by atoms with Crippen LogP contribution in [-0.4, -0.2) is 37.2 Å². The monoisotopic (exact) mass is 278 g/mol. The third-order valence-corrected chi connectivity index (χ3v) is 3.95. The molecule has 1 aliphatic heterocycles. The first kappa shape index (κ1) is 15.0. The maximum atomic E-state index is 5.16. The minimum absolute atomic E-state index is 0.434. The summed E-state index contributed by atoms with van der Waals surface area (Å²) in [4.78, 5) is 11.4. The number of aromatic nitrogens is 2. The number of rotatable bonds is 4. The highest BCUT2D eigenvalue weighted by molar-refractivity contribution is 5.49. The molecular formula is C15H26N4O. The number of nitrogens with one attached hydrogen (secondary N) is 1. The molecule has 1 N–H and O–H groups in total. The molecule has 0 spiro atoms. The molecule has 5 nitrogen and oxygen atoms in total. The molecule has 2 heterocycles. The molecule has 1 fully saturated rings. The van der Waals surface area contributed by atoms with Gasteiger partial charge in [0.25, 0.3) is 0 Å². The molecule has 2 rings (SSSR count). The summed E-state index contributed by atoms with van der Waals surface area (Å²) in [6.45, 7) is 7.27. The predicted octanol–water partition coefficient (Wildman–Crippen LogP) is 2.68. The van der Waals surface area contributed by atoms with Gasteiger partial charge in [0.1, 0.15) is 18.2 Å². The van der Waals surface area contributed by atoms with Gasteiger partial charge in [-0.3, -0.25) is 0 Å². The molecule has 1 aromatic rings. The summed E-state index contributed by atoms with van der Waals surface area (Å²) in [6, 6.07) is 2.03. The Morgan fingerprint density at radius 2 is 2.10 bits per heavy atom. The van der Waals surface area contributed by atoms with E-state index in [2.05, 4.69) is 34.0 Å². The van der Waals surface area contributed by atoms with Crippen molar-refractivity contribution in [1.82, 2.24) is 9.97 Å². The first-order chi connectivity index (χ1) is 9.54. The van der Waals surface area contributed by atoms with Crippen molar-refractivity contribution in [3.63, 3.8) is 0 Å². The summed E-state index contributed by atoms with van der Waals surface area (Å²) < 4.78 is 5.16. The standard InChI is InChI=1S/C15H26N4O/c1-15(2)6-5-8-19(9-7-15)14-10-12(16-3)17-13(18-14)11-20-4/h10H,5-9,11H2,1-4H3,(H,16,17,18). The van der Waals surface area contributed by atoms with Crippen molar-refractivity contribution in [2.45, 2.75) is 39.7 Å². The third kappa shape index (κ3) is 3.82. The Morgan fingerprint density at radius 1 is 1.30 bits per heavy atom. The van der Waals surface area contributed by atoms with E-state index in [1.54, 1.807) is 7.11 Å². The second-order valence-corrected chi connectivity index (χ2v) is 6.22. The largest absolute Gasteiger partial charge is 0.377 e. The van der Waals surface area contributed by atoms with Gasteiger partial charge >= 0.3 is 0 Å². The van der Waals surface area contributed by atoms with Gasteiger partial charge in [0.15, 0.2) is 5.82 Å². The SMILES string of the molecule is CNc1cc(N2CCCC(C)(C)CC2)nc(COC)n1. The van der Waals surface area contributed by atoms with E-state index in [1.807, 2.05) is 13.1 Å². The van der Waals surface area contributed by atoms with Crippen LogP contribution < -0.4 is 10.2 Å². The van der Waals surface area contributed by atoms with E-state index in [-0.39, 0.29) is 0 Å². The van der Waals surface area contributed by atoms with E-state index in [0.717, 1.165) is 30.5 Å². The molecule has 20 heavy (non-hydrogen) atoms. The Bertz CT molecular complexity index is 447. The average Bonchev–Trinajstić information content (AvgIpc) is 2.59. The van der Waals surface area contributed by atoms with Crippen LogP contribution in [0.15, 0.2) is 6.07 Å². The van der Waals surface area contributed by atoms with Crippen molar-refractivity contribution < 1.29 is 4.74 Å². The Balaban J connectivity index is 2.20. The summed E-state index contributed by atoms with van der Waals surface area (Å²) in [7, 11) is 3.55. The zero-order chi connectivity index (χ0) is 14.6. The van der Waals surface area contributed by atoms with Crippen LogP contribution in [0.5, 0.6) is 0 Å². The molecule has 5 heteroatoms. The maximum absolute atomic E-state index is 5.16. The van der Waals surface area contributed by atoms with Crippen LogP contribution in [-0.2, 0) is 11.3 Å². The first-order valence-corrected chi connectivity index (χ1v) is 7.34. The van der Waals surface area contributed by atoms with Crippen molar-refractivity contribution in [3.8, 4) is 0 Å². The van der Waals surface area contributed by atoms with E-state index in [1.165, 1.54) is 19.3 Å². The summed E-state index contributed by atoms with van der Waals surface area (Å²) in [5.74, 6) is 2.59. The normalized spacial score (nSPS) is 18.7.